The summed E-state index contributed by atoms with van der Waals surface area (Å²) in [4.78, 5) is 11.6. The first-order valence-corrected chi connectivity index (χ1v) is 7.20. The second-order valence-corrected chi connectivity index (χ2v) is 4.47. The molecule has 2 heteroatoms. The van der Waals surface area contributed by atoms with Gasteiger partial charge in [-0.2, -0.15) is 0 Å². The Balaban J connectivity index is 2.09. The number of carbonyl (C=O) groups excluding carboxylic acids is 1. The Kier molecular flexibility index (Phi) is 8.72. The third kappa shape index (κ3) is 7.43. The topological polar surface area (TPSA) is 26.3 Å². The minimum atomic E-state index is -0.266. The molecule has 0 heterocycles. The average molecular weight is 270 g/mol. The summed E-state index contributed by atoms with van der Waals surface area (Å²) in [6.45, 7) is 2.60. The van der Waals surface area contributed by atoms with Crippen LogP contribution in [0.5, 0.6) is 0 Å². The van der Waals surface area contributed by atoms with E-state index in [0.29, 0.717) is 12.2 Å². The minimum Gasteiger partial charge on any atom is -0.462 e. The molecule has 0 amide bonds. The van der Waals surface area contributed by atoms with Crippen molar-refractivity contribution < 1.29 is 9.53 Å². The average Bonchev–Trinajstić information content (AvgIpc) is 2.50. The number of esters is 1. The van der Waals surface area contributed by atoms with Crippen LogP contribution in [0.4, 0.5) is 0 Å². The predicted molar refractivity (Wildman–Crippen MR) is 82.4 cm³/mol. The minimum absolute atomic E-state index is 0.266. The summed E-state index contributed by atoms with van der Waals surface area (Å²) in [5.74, 6) is 5.78. The Morgan fingerprint density at radius 2 is 2.05 bits per heavy atom. The molecule has 2 nitrogen and oxygen atoms in total. The lowest BCUT2D eigenvalue weighted by Gasteiger charge is -2.02. The van der Waals surface area contributed by atoms with Crippen molar-refractivity contribution in [1.82, 2.24) is 0 Å². The van der Waals surface area contributed by atoms with Crippen LogP contribution >= 0.6 is 0 Å². The van der Waals surface area contributed by atoms with E-state index in [-0.39, 0.29) is 5.97 Å². The molecule has 0 atom stereocenters. The molecule has 0 aliphatic rings. The van der Waals surface area contributed by atoms with Gasteiger partial charge in [0.05, 0.1) is 12.2 Å². The van der Waals surface area contributed by atoms with Crippen LogP contribution in [0.3, 0.4) is 0 Å². The molecule has 106 valence electrons. The highest BCUT2D eigenvalue weighted by Gasteiger charge is 2.04. The number of allylic oxidation sites excluding steroid dienone is 2. The van der Waals surface area contributed by atoms with E-state index in [0.717, 1.165) is 19.3 Å². The second-order valence-electron chi connectivity index (χ2n) is 4.47. The Morgan fingerprint density at radius 3 is 2.80 bits per heavy atom. The lowest BCUT2D eigenvalue weighted by Crippen LogP contribution is -2.05. The van der Waals surface area contributed by atoms with E-state index < -0.39 is 0 Å². The molecule has 0 bridgehead atoms. The monoisotopic (exact) mass is 270 g/mol. The van der Waals surface area contributed by atoms with Crippen molar-refractivity contribution in [2.45, 2.75) is 39.0 Å². The largest absolute Gasteiger partial charge is 0.462 e. The van der Waals surface area contributed by atoms with Crippen molar-refractivity contribution in [3.05, 3.63) is 48.0 Å². The molecule has 0 unspecified atom stereocenters. The fourth-order valence-corrected chi connectivity index (χ4v) is 1.58. The van der Waals surface area contributed by atoms with Crippen molar-refractivity contribution >= 4 is 5.97 Å². The first kappa shape index (κ1) is 16.0. The van der Waals surface area contributed by atoms with E-state index in [1.807, 2.05) is 24.3 Å². The lowest BCUT2D eigenvalue weighted by molar-refractivity contribution is 0.0502. The van der Waals surface area contributed by atoms with Crippen molar-refractivity contribution in [1.29, 1.82) is 0 Å². The molecule has 0 N–H and O–H groups in total. The van der Waals surface area contributed by atoms with E-state index in [9.17, 15) is 4.79 Å². The number of ether oxygens (including phenoxy) is 1. The highest BCUT2D eigenvalue weighted by atomic mass is 16.5. The zero-order valence-electron chi connectivity index (χ0n) is 12.1. The summed E-state index contributed by atoms with van der Waals surface area (Å²) in [6.07, 6.45) is 9.06. The maximum atomic E-state index is 11.6. The van der Waals surface area contributed by atoms with Crippen molar-refractivity contribution in [3.63, 3.8) is 0 Å². The van der Waals surface area contributed by atoms with Gasteiger partial charge < -0.3 is 4.74 Å². The summed E-state index contributed by atoms with van der Waals surface area (Å²) >= 11 is 0. The maximum absolute atomic E-state index is 11.6. The van der Waals surface area contributed by atoms with Crippen LogP contribution in [0.2, 0.25) is 0 Å². The second kappa shape index (κ2) is 10.9. The van der Waals surface area contributed by atoms with Crippen LogP contribution in [0.1, 0.15) is 49.4 Å². The molecule has 20 heavy (non-hydrogen) atoms. The highest BCUT2D eigenvalue weighted by molar-refractivity contribution is 5.89. The van der Waals surface area contributed by atoms with E-state index in [1.54, 1.807) is 12.1 Å². The van der Waals surface area contributed by atoms with E-state index in [2.05, 4.69) is 24.8 Å². The molecule has 1 aromatic rings. The zero-order valence-corrected chi connectivity index (χ0v) is 12.1. The number of carbonyl (C=O) groups is 1. The summed E-state index contributed by atoms with van der Waals surface area (Å²) in [7, 11) is 0. The Labute approximate surface area is 121 Å². The fourth-order valence-electron chi connectivity index (χ4n) is 1.58. The van der Waals surface area contributed by atoms with Crippen LogP contribution < -0.4 is 0 Å². The maximum Gasteiger partial charge on any atom is 0.338 e. The molecular formula is C18H22O2. The molecule has 0 aromatic heterocycles. The molecule has 0 aliphatic heterocycles. The van der Waals surface area contributed by atoms with Gasteiger partial charge in [-0.3, -0.25) is 0 Å². The summed E-state index contributed by atoms with van der Waals surface area (Å²) < 4.78 is 5.16. The van der Waals surface area contributed by atoms with Crippen LogP contribution in [0.25, 0.3) is 0 Å². The van der Waals surface area contributed by atoms with Crippen LogP contribution in [0.15, 0.2) is 42.5 Å². The molecule has 0 spiro atoms. The molecule has 0 radical (unpaired) electrons. The number of hydrogen-bond acceptors (Lipinski definition) is 2. The molecule has 1 rings (SSSR count). The number of rotatable bonds is 7. The third-order valence-electron chi connectivity index (χ3n) is 2.72. The molecule has 0 saturated carbocycles. The number of hydrogen-bond donors (Lipinski definition) is 0. The highest BCUT2D eigenvalue weighted by Crippen LogP contribution is 2.01. The first-order chi connectivity index (χ1) is 9.84. The fraction of sp³-hybridized carbons (Fsp3) is 0.389. The van der Waals surface area contributed by atoms with Crippen molar-refractivity contribution in [2.75, 3.05) is 6.61 Å². The van der Waals surface area contributed by atoms with E-state index in [1.165, 1.54) is 12.8 Å². The van der Waals surface area contributed by atoms with Crippen LogP contribution in [0, 0.1) is 11.8 Å². The van der Waals surface area contributed by atoms with E-state index in [4.69, 9.17) is 4.74 Å². The number of unbranched alkanes of at least 4 members (excludes halogenated alkanes) is 3. The lowest BCUT2D eigenvalue weighted by atomic mass is 10.2. The predicted octanol–water partition coefficient (Wildman–Crippen LogP) is 4.37. The zero-order chi connectivity index (χ0) is 14.5. The van der Waals surface area contributed by atoms with Crippen molar-refractivity contribution in [3.8, 4) is 11.8 Å². The van der Waals surface area contributed by atoms with Crippen molar-refractivity contribution in [2.24, 2.45) is 0 Å². The Hall–Kier alpha value is -2.01. The third-order valence-corrected chi connectivity index (χ3v) is 2.72. The van der Waals surface area contributed by atoms with Gasteiger partial charge in [0.2, 0.25) is 0 Å². The van der Waals surface area contributed by atoms with Gasteiger partial charge in [0, 0.05) is 6.42 Å². The van der Waals surface area contributed by atoms with Gasteiger partial charge in [-0.1, -0.05) is 55.9 Å². The number of benzene rings is 1. The molecule has 0 fully saturated rings. The molecular weight excluding hydrogens is 248 g/mol. The van der Waals surface area contributed by atoms with Gasteiger partial charge in [-0.15, -0.1) is 0 Å². The molecule has 1 aromatic carbocycles. The Morgan fingerprint density at radius 1 is 1.25 bits per heavy atom. The van der Waals surface area contributed by atoms with Gasteiger partial charge >= 0.3 is 5.97 Å². The van der Waals surface area contributed by atoms with Crippen LogP contribution in [-0.2, 0) is 4.74 Å². The first-order valence-electron chi connectivity index (χ1n) is 7.20. The standard InChI is InChI=1S/C18H22O2/c1-2-3-4-5-6-7-8-9-13-16-20-18(19)17-14-11-10-12-15-17/h5-6,10-12,14-15H,2-4,9,13,16H2,1H3/b6-5+. The van der Waals surface area contributed by atoms with Gasteiger partial charge in [-0.05, 0) is 31.1 Å². The SMILES string of the molecule is CCCC/C=C/C#CCCCOC(=O)c1ccccc1. The van der Waals surface area contributed by atoms with Crippen LogP contribution in [-0.4, -0.2) is 12.6 Å². The molecule has 0 aliphatic carbocycles. The van der Waals surface area contributed by atoms with E-state index >= 15 is 0 Å². The van der Waals surface area contributed by atoms with Gasteiger partial charge in [0.1, 0.15) is 0 Å². The normalized spacial score (nSPS) is 10.1. The quantitative estimate of drug-likeness (QED) is 0.418. The Bertz CT molecular complexity index is 463. The van der Waals surface area contributed by atoms with Gasteiger partial charge in [0.15, 0.2) is 0 Å². The summed E-state index contributed by atoms with van der Waals surface area (Å²) in [6, 6.07) is 9.03. The summed E-state index contributed by atoms with van der Waals surface area (Å²) in [5, 5.41) is 0. The van der Waals surface area contributed by atoms with Gasteiger partial charge in [0.25, 0.3) is 0 Å². The summed E-state index contributed by atoms with van der Waals surface area (Å²) in [5.41, 5.74) is 0.595. The van der Waals surface area contributed by atoms with Gasteiger partial charge in [-0.25, -0.2) is 4.79 Å². The smallest absolute Gasteiger partial charge is 0.338 e. The molecule has 0 saturated heterocycles.